The Morgan fingerprint density at radius 1 is 0.889 bits per heavy atom. The SMILES string of the molecule is COc1ccc(C(=O)Nc2cc(NC(=O)c3cccs3)ccc2OC)cc1. The summed E-state index contributed by atoms with van der Waals surface area (Å²) in [4.78, 5) is 25.3. The maximum Gasteiger partial charge on any atom is 0.265 e. The molecule has 0 aliphatic heterocycles. The van der Waals surface area contributed by atoms with Crippen LogP contribution in [0.25, 0.3) is 0 Å². The Morgan fingerprint density at radius 3 is 2.30 bits per heavy atom. The van der Waals surface area contributed by atoms with Gasteiger partial charge in [0.15, 0.2) is 0 Å². The number of hydrogen-bond donors (Lipinski definition) is 2. The van der Waals surface area contributed by atoms with Crippen LogP contribution in [0, 0.1) is 0 Å². The van der Waals surface area contributed by atoms with E-state index in [1.54, 1.807) is 55.6 Å². The summed E-state index contributed by atoms with van der Waals surface area (Å²) < 4.78 is 10.4. The van der Waals surface area contributed by atoms with Crippen molar-refractivity contribution in [3.05, 3.63) is 70.4 Å². The van der Waals surface area contributed by atoms with Gasteiger partial charge in [0.05, 0.1) is 24.8 Å². The molecule has 0 atom stereocenters. The van der Waals surface area contributed by atoms with Crippen LogP contribution in [0.2, 0.25) is 0 Å². The molecule has 0 saturated carbocycles. The number of anilines is 2. The first-order valence-electron chi connectivity index (χ1n) is 8.09. The fourth-order valence-electron chi connectivity index (χ4n) is 2.42. The summed E-state index contributed by atoms with van der Waals surface area (Å²) in [6, 6.07) is 15.4. The van der Waals surface area contributed by atoms with Crippen LogP contribution in [0.15, 0.2) is 60.0 Å². The molecule has 3 aromatic rings. The predicted octanol–water partition coefficient (Wildman–Crippen LogP) is 4.27. The first-order chi connectivity index (χ1) is 13.1. The van der Waals surface area contributed by atoms with E-state index in [4.69, 9.17) is 9.47 Å². The van der Waals surface area contributed by atoms with Crippen LogP contribution in [0.1, 0.15) is 20.0 Å². The molecule has 0 aliphatic carbocycles. The van der Waals surface area contributed by atoms with Gasteiger partial charge in [0, 0.05) is 11.3 Å². The number of thiophene rings is 1. The zero-order valence-electron chi connectivity index (χ0n) is 14.8. The highest BCUT2D eigenvalue weighted by Crippen LogP contribution is 2.29. The monoisotopic (exact) mass is 382 g/mol. The molecule has 0 fully saturated rings. The van der Waals surface area contributed by atoms with Gasteiger partial charge in [-0.25, -0.2) is 0 Å². The second-order valence-electron chi connectivity index (χ2n) is 5.53. The number of carbonyl (C=O) groups excluding carboxylic acids is 2. The average molecular weight is 382 g/mol. The molecule has 27 heavy (non-hydrogen) atoms. The standard InChI is InChI=1S/C20H18N2O4S/c1-25-15-8-5-13(6-9-15)19(23)22-16-12-14(7-10-17(16)26-2)21-20(24)18-4-3-11-27-18/h3-12H,1-2H3,(H,21,24)(H,22,23). The van der Waals surface area contributed by atoms with E-state index < -0.39 is 0 Å². The fourth-order valence-corrected chi connectivity index (χ4v) is 3.04. The van der Waals surface area contributed by atoms with Crippen molar-refractivity contribution in [3.63, 3.8) is 0 Å². The number of ether oxygens (including phenoxy) is 2. The number of rotatable bonds is 6. The second-order valence-corrected chi connectivity index (χ2v) is 6.48. The highest BCUT2D eigenvalue weighted by atomic mass is 32.1. The van der Waals surface area contributed by atoms with Crippen molar-refractivity contribution in [3.8, 4) is 11.5 Å². The molecule has 2 N–H and O–H groups in total. The van der Waals surface area contributed by atoms with Crippen molar-refractivity contribution in [2.24, 2.45) is 0 Å². The molecule has 2 amide bonds. The lowest BCUT2D eigenvalue weighted by molar-refractivity contribution is 0.102. The van der Waals surface area contributed by atoms with E-state index >= 15 is 0 Å². The fraction of sp³-hybridized carbons (Fsp3) is 0.100. The van der Waals surface area contributed by atoms with Gasteiger partial charge in [-0.05, 0) is 53.9 Å². The third-order valence-electron chi connectivity index (χ3n) is 3.80. The first kappa shape index (κ1) is 18.5. The predicted molar refractivity (Wildman–Crippen MR) is 106 cm³/mol. The van der Waals surface area contributed by atoms with Crippen molar-refractivity contribution < 1.29 is 19.1 Å². The summed E-state index contributed by atoms with van der Waals surface area (Å²) in [7, 11) is 3.08. The summed E-state index contributed by atoms with van der Waals surface area (Å²) in [6.07, 6.45) is 0. The molecule has 0 radical (unpaired) electrons. The zero-order valence-corrected chi connectivity index (χ0v) is 15.6. The topological polar surface area (TPSA) is 76.7 Å². The third-order valence-corrected chi connectivity index (χ3v) is 4.67. The number of amides is 2. The Labute approximate surface area is 160 Å². The van der Waals surface area contributed by atoms with Crippen LogP contribution in [0.5, 0.6) is 11.5 Å². The maximum absolute atomic E-state index is 12.5. The van der Waals surface area contributed by atoms with Gasteiger partial charge >= 0.3 is 0 Å². The van der Waals surface area contributed by atoms with E-state index in [2.05, 4.69) is 10.6 Å². The average Bonchev–Trinajstić information content (AvgIpc) is 3.23. The van der Waals surface area contributed by atoms with E-state index in [-0.39, 0.29) is 11.8 Å². The van der Waals surface area contributed by atoms with Gasteiger partial charge in [-0.2, -0.15) is 0 Å². The van der Waals surface area contributed by atoms with Gasteiger partial charge in [0.1, 0.15) is 11.5 Å². The van der Waals surface area contributed by atoms with Crippen molar-refractivity contribution in [1.82, 2.24) is 0 Å². The van der Waals surface area contributed by atoms with Crippen LogP contribution in [0.3, 0.4) is 0 Å². The third kappa shape index (κ3) is 4.45. The minimum absolute atomic E-state index is 0.206. The van der Waals surface area contributed by atoms with Gasteiger partial charge in [-0.15, -0.1) is 11.3 Å². The van der Waals surface area contributed by atoms with Crippen LogP contribution in [-0.4, -0.2) is 26.0 Å². The summed E-state index contributed by atoms with van der Waals surface area (Å²) in [6.45, 7) is 0. The Balaban J connectivity index is 1.78. The normalized spacial score (nSPS) is 10.1. The first-order valence-corrected chi connectivity index (χ1v) is 8.97. The second kappa shape index (κ2) is 8.37. The van der Waals surface area contributed by atoms with E-state index in [0.717, 1.165) is 0 Å². The van der Waals surface area contributed by atoms with Gasteiger partial charge in [-0.1, -0.05) is 6.07 Å². The van der Waals surface area contributed by atoms with Crippen LogP contribution >= 0.6 is 11.3 Å². The minimum atomic E-state index is -0.294. The zero-order chi connectivity index (χ0) is 19.2. The molecule has 0 unspecified atom stereocenters. The van der Waals surface area contributed by atoms with Crippen molar-refractivity contribution >= 4 is 34.5 Å². The van der Waals surface area contributed by atoms with Crippen molar-refractivity contribution in [2.45, 2.75) is 0 Å². The van der Waals surface area contributed by atoms with Gasteiger partial charge in [-0.3, -0.25) is 9.59 Å². The van der Waals surface area contributed by atoms with Gasteiger partial charge < -0.3 is 20.1 Å². The van der Waals surface area contributed by atoms with Crippen LogP contribution in [-0.2, 0) is 0 Å². The highest BCUT2D eigenvalue weighted by Gasteiger charge is 2.13. The lowest BCUT2D eigenvalue weighted by atomic mass is 10.2. The number of benzene rings is 2. The van der Waals surface area contributed by atoms with Crippen molar-refractivity contribution in [1.29, 1.82) is 0 Å². The summed E-state index contributed by atoms with van der Waals surface area (Å²) in [5.74, 6) is 0.661. The Bertz CT molecular complexity index is 937. The van der Waals surface area contributed by atoms with E-state index in [1.807, 2.05) is 11.4 Å². The van der Waals surface area contributed by atoms with Crippen LogP contribution < -0.4 is 20.1 Å². The minimum Gasteiger partial charge on any atom is -0.497 e. The molecule has 2 aromatic carbocycles. The molecule has 1 aromatic heterocycles. The molecule has 6 nitrogen and oxygen atoms in total. The van der Waals surface area contributed by atoms with E-state index in [1.165, 1.54) is 18.4 Å². The number of hydrogen-bond acceptors (Lipinski definition) is 5. The molecule has 0 spiro atoms. The molecular weight excluding hydrogens is 364 g/mol. The number of nitrogens with one attached hydrogen (secondary N) is 2. The largest absolute Gasteiger partial charge is 0.497 e. The van der Waals surface area contributed by atoms with Crippen molar-refractivity contribution in [2.75, 3.05) is 24.9 Å². The Kier molecular flexibility index (Phi) is 5.73. The molecule has 7 heteroatoms. The number of methoxy groups -OCH3 is 2. The molecule has 1 heterocycles. The van der Waals surface area contributed by atoms with E-state index in [0.29, 0.717) is 33.3 Å². The molecule has 0 bridgehead atoms. The lowest BCUT2D eigenvalue weighted by Crippen LogP contribution is -2.14. The van der Waals surface area contributed by atoms with Gasteiger partial charge in [0.25, 0.3) is 11.8 Å². The summed E-state index contributed by atoms with van der Waals surface area (Å²) in [5.41, 5.74) is 1.49. The quantitative estimate of drug-likeness (QED) is 0.667. The maximum atomic E-state index is 12.5. The molecule has 3 rings (SSSR count). The lowest BCUT2D eigenvalue weighted by Gasteiger charge is -2.13. The van der Waals surface area contributed by atoms with E-state index in [9.17, 15) is 9.59 Å². The molecule has 0 saturated heterocycles. The summed E-state index contributed by atoms with van der Waals surface area (Å²) >= 11 is 1.36. The molecule has 0 aliphatic rings. The number of carbonyl (C=O) groups is 2. The smallest absolute Gasteiger partial charge is 0.265 e. The Hall–Kier alpha value is -3.32. The van der Waals surface area contributed by atoms with Crippen LogP contribution in [0.4, 0.5) is 11.4 Å². The van der Waals surface area contributed by atoms with Gasteiger partial charge in [0.2, 0.25) is 0 Å². The highest BCUT2D eigenvalue weighted by molar-refractivity contribution is 7.12. The summed E-state index contributed by atoms with van der Waals surface area (Å²) in [5, 5.41) is 7.46. The molecular formula is C20H18N2O4S. The Morgan fingerprint density at radius 2 is 1.67 bits per heavy atom. The molecule has 138 valence electrons.